The maximum Gasteiger partial charge on any atom is 0.306 e. The van der Waals surface area contributed by atoms with Crippen LogP contribution in [0.1, 0.15) is 5.56 Å². The van der Waals surface area contributed by atoms with Crippen LogP contribution >= 0.6 is 0 Å². The van der Waals surface area contributed by atoms with Gasteiger partial charge in [0.05, 0.1) is 18.6 Å². The van der Waals surface area contributed by atoms with Crippen molar-refractivity contribution in [2.75, 3.05) is 11.9 Å². The molecule has 0 aliphatic carbocycles. The summed E-state index contributed by atoms with van der Waals surface area (Å²) < 4.78 is 33.4. The second kappa shape index (κ2) is 6.76. The van der Waals surface area contributed by atoms with Crippen LogP contribution in [-0.2, 0) is 16.6 Å². The van der Waals surface area contributed by atoms with Crippen molar-refractivity contribution in [1.29, 1.82) is 0 Å². The van der Waals surface area contributed by atoms with Crippen molar-refractivity contribution in [3.8, 4) is 5.75 Å². The summed E-state index contributed by atoms with van der Waals surface area (Å²) >= 11 is 0. The van der Waals surface area contributed by atoms with E-state index in [9.17, 15) is 8.42 Å². The summed E-state index contributed by atoms with van der Waals surface area (Å²) in [6.07, 6.45) is 7.32. The molecule has 6 nitrogen and oxygen atoms in total. The van der Waals surface area contributed by atoms with Gasteiger partial charge in [0, 0.05) is 24.0 Å². The third kappa shape index (κ3) is 3.75. The number of benzene rings is 1. The van der Waals surface area contributed by atoms with Gasteiger partial charge in [-0.3, -0.25) is 0 Å². The van der Waals surface area contributed by atoms with E-state index in [1.165, 1.54) is 23.9 Å². The van der Waals surface area contributed by atoms with Gasteiger partial charge in [0.15, 0.2) is 0 Å². The van der Waals surface area contributed by atoms with Gasteiger partial charge >= 0.3 is 10.0 Å². The Hall–Kier alpha value is -2.80. The number of ether oxygens (including phenoxy) is 1. The predicted octanol–water partition coefficient (Wildman–Crippen LogP) is 1.76. The Balaban J connectivity index is 1.79. The van der Waals surface area contributed by atoms with Crippen molar-refractivity contribution < 1.29 is 17.8 Å². The zero-order valence-electron chi connectivity index (χ0n) is 13.2. The number of sulfonamides is 1. The van der Waals surface area contributed by atoms with Crippen molar-refractivity contribution in [1.82, 2.24) is 4.57 Å². The van der Waals surface area contributed by atoms with Gasteiger partial charge in [-0.2, -0.15) is 8.42 Å². The highest BCUT2D eigenvalue weighted by Gasteiger charge is 2.18. The fourth-order valence-corrected chi connectivity index (χ4v) is 3.30. The average Bonchev–Trinajstić information content (AvgIpc) is 3.08. The lowest BCUT2D eigenvalue weighted by Crippen LogP contribution is -2.47. The van der Waals surface area contributed by atoms with E-state index in [4.69, 9.17) is 4.74 Å². The molecule has 124 valence electrons. The van der Waals surface area contributed by atoms with Gasteiger partial charge in [-0.25, -0.2) is 0 Å². The molecule has 0 fully saturated rings. The van der Waals surface area contributed by atoms with Gasteiger partial charge in [-0.15, -0.1) is 0 Å². The molecular weight excluding hydrogens is 326 g/mol. The maximum absolute atomic E-state index is 12.5. The lowest BCUT2D eigenvalue weighted by Gasteiger charge is -2.06. The molecule has 0 atom stereocenters. The van der Waals surface area contributed by atoms with Gasteiger partial charge in [0.2, 0.25) is 12.4 Å². The summed E-state index contributed by atoms with van der Waals surface area (Å²) in [5.41, 5.74) is 0.978. The lowest BCUT2D eigenvalue weighted by molar-refractivity contribution is -0.637. The maximum atomic E-state index is 12.5. The number of aromatic nitrogens is 2. The zero-order chi connectivity index (χ0) is 17.0. The zero-order valence-corrected chi connectivity index (χ0v) is 14.0. The third-order valence-corrected chi connectivity index (χ3v) is 4.83. The van der Waals surface area contributed by atoms with E-state index in [2.05, 4.69) is 4.83 Å². The predicted molar refractivity (Wildman–Crippen MR) is 89.7 cm³/mol. The molecule has 0 bridgehead atoms. The van der Waals surface area contributed by atoms with Crippen molar-refractivity contribution in [3.05, 3.63) is 78.9 Å². The summed E-state index contributed by atoms with van der Waals surface area (Å²) in [5, 5.41) is 0. The highest BCUT2D eigenvalue weighted by atomic mass is 32.2. The van der Waals surface area contributed by atoms with Crippen LogP contribution in [0.25, 0.3) is 0 Å². The molecule has 0 aliphatic rings. The molecule has 0 aliphatic heterocycles. The van der Waals surface area contributed by atoms with Gasteiger partial charge in [-0.05, 0) is 42.5 Å². The normalized spacial score (nSPS) is 11.2. The summed E-state index contributed by atoms with van der Waals surface area (Å²) in [6.45, 7) is 0.665. The molecule has 24 heavy (non-hydrogen) atoms. The molecule has 0 amide bonds. The minimum atomic E-state index is -3.67. The number of hydrogen-bond donors (Lipinski definition) is 1. The highest BCUT2D eigenvalue weighted by Crippen LogP contribution is 2.15. The van der Waals surface area contributed by atoms with Gasteiger partial charge in [-0.1, -0.05) is 9.51 Å². The smallest absolute Gasteiger partial charge is 0.306 e. The Bertz CT molecular complexity index is 905. The summed E-state index contributed by atoms with van der Waals surface area (Å²) in [4.78, 5) is 2.70. The van der Waals surface area contributed by atoms with Crippen LogP contribution in [0.2, 0.25) is 0 Å². The van der Waals surface area contributed by atoms with Crippen LogP contribution in [0.5, 0.6) is 5.75 Å². The molecule has 3 rings (SSSR count). The number of nitrogens with one attached hydrogen (secondary N) is 1. The van der Waals surface area contributed by atoms with Gasteiger partial charge < -0.3 is 9.30 Å². The average molecular weight is 344 g/mol. The van der Waals surface area contributed by atoms with E-state index in [0.29, 0.717) is 12.3 Å². The standard InChI is InChI=1S/C17H18N3O3S/c1-23-16-6-8-17(9-7-16)24(21,22)18-20-12-4-5-15(14-20)13-19-10-2-3-11-19/h2-12,14,18H,13H2,1H3/q+1. The van der Waals surface area contributed by atoms with Crippen LogP contribution in [-0.4, -0.2) is 20.1 Å². The summed E-state index contributed by atoms with van der Waals surface area (Å²) in [6, 6.07) is 13.9. The largest absolute Gasteiger partial charge is 0.497 e. The van der Waals surface area contributed by atoms with Crippen LogP contribution in [0.4, 0.5) is 0 Å². The first-order valence-corrected chi connectivity index (χ1v) is 8.83. The molecule has 2 heterocycles. The molecule has 0 saturated heterocycles. The molecule has 0 saturated carbocycles. The molecule has 2 aromatic heterocycles. The summed E-state index contributed by atoms with van der Waals surface area (Å²) in [7, 11) is -2.13. The third-order valence-electron chi connectivity index (χ3n) is 3.49. The summed E-state index contributed by atoms with van der Waals surface area (Å²) in [5.74, 6) is 0.607. The van der Waals surface area contributed by atoms with Crippen LogP contribution in [0.3, 0.4) is 0 Å². The second-order valence-corrected chi connectivity index (χ2v) is 6.91. The van der Waals surface area contributed by atoms with E-state index in [1.807, 2.05) is 35.2 Å². The van der Waals surface area contributed by atoms with Crippen molar-refractivity contribution >= 4 is 10.0 Å². The highest BCUT2D eigenvalue weighted by molar-refractivity contribution is 7.92. The minimum absolute atomic E-state index is 0.173. The Kier molecular flexibility index (Phi) is 4.52. The topological polar surface area (TPSA) is 64.2 Å². The number of rotatable bonds is 6. The molecular formula is C17H18N3O3S+. The number of nitrogens with zero attached hydrogens (tertiary/aromatic N) is 2. The van der Waals surface area contributed by atoms with Crippen molar-refractivity contribution in [3.63, 3.8) is 0 Å². The van der Waals surface area contributed by atoms with Gasteiger partial charge in [0.25, 0.3) is 0 Å². The molecule has 3 aromatic rings. The monoisotopic (exact) mass is 344 g/mol. The quantitative estimate of drug-likeness (QED) is 0.693. The lowest BCUT2D eigenvalue weighted by atomic mass is 10.3. The molecule has 0 unspecified atom stereocenters. The molecule has 7 heteroatoms. The number of methoxy groups -OCH3 is 1. The van der Waals surface area contributed by atoms with Crippen molar-refractivity contribution in [2.24, 2.45) is 0 Å². The van der Waals surface area contributed by atoms with E-state index >= 15 is 0 Å². The van der Waals surface area contributed by atoms with E-state index in [1.54, 1.807) is 30.6 Å². The van der Waals surface area contributed by atoms with Crippen LogP contribution in [0.15, 0.2) is 78.2 Å². The SMILES string of the molecule is COc1ccc(S(=O)(=O)N[n+]2cccc(Cn3cccc3)c2)cc1. The van der Waals surface area contributed by atoms with E-state index < -0.39 is 10.0 Å². The van der Waals surface area contributed by atoms with Crippen LogP contribution < -0.4 is 14.2 Å². The first-order valence-electron chi connectivity index (χ1n) is 7.35. The molecule has 0 radical (unpaired) electrons. The molecule has 1 aromatic carbocycles. The fraction of sp³-hybridized carbons (Fsp3) is 0.118. The van der Waals surface area contributed by atoms with Crippen LogP contribution in [0, 0.1) is 0 Å². The first kappa shape index (κ1) is 16.1. The number of hydrogen-bond acceptors (Lipinski definition) is 3. The molecule has 0 spiro atoms. The number of pyridine rings is 1. The Morgan fingerprint density at radius 3 is 2.46 bits per heavy atom. The Morgan fingerprint density at radius 2 is 1.79 bits per heavy atom. The fourth-order valence-electron chi connectivity index (χ4n) is 2.31. The Labute approximate surface area is 141 Å². The van der Waals surface area contributed by atoms with Gasteiger partial charge in [0.1, 0.15) is 5.75 Å². The molecule has 1 N–H and O–H groups in total. The first-order chi connectivity index (χ1) is 11.6. The second-order valence-electron chi connectivity index (χ2n) is 5.25. The van der Waals surface area contributed by atoms with E-state index in [-0.39, 0.29) is 4.90 Å². The van der Waals surface area contributed by atoms with Crippen molar-refractivity contribution in [2.45, 2.75) is 11.4 Å². The Morgan fingerprint density at radius 1 is 1.08 bits per heavy atom. The minimum Gasteiger partial charge on any atom is -0.497 e. The van der Waals surface area contributed by atoms with E-state index in [0.717, 1.165) is 5.56 Å².